The Balaban J connectivity index is 0.00000120. The molecule has 0 radical (unpaired) electrons. The van der Waals surface area contributed by atoms with Gasteiger partial charge in [-0.3, -0.25) is 0 Å². The Kier molecular flexibility index (Phi) is 4.82. The molecule has 3 rings (SSSR count). The van der Waals surface area contributed by atoms with Crippen molar-refractivity contribution in [3.8, 4) is 0 Å². The fourth-order valence-electron chi connectivity index (χ4n) is 3.51. The van der Waals surface area contributed by atoms with Crippen molar-refractivity contribution >= 4 is 35.6 Å². The van der Waals surface area contributed by atoms with Crippen LogP contribution in [0.4, 0.5) is 0 Å². The predicted octanol–water partition coefficient (Wildman–Crippen LogP) is 4.52. The van der Waals surface area contributed by atoms with E-state index in [1.54, 1.807) is 0 Å². The third-order valence-corrected chi connectivity index (χ3v) is 5.11. The Hall–Kier alpha value is 0.0500. The monoisotopic (exact) mass is 305 g/mol. The standard InChI is InChI=1S/C14H17Cl2N.ClH/c15-13-5-4-9(6-14(13)16)11-3-1-2-10-7-17-8-12(10)11;/h4-6,10-12,17H,1-3,7-8H2;1H. The molecule has 1 saturated carbocycles. The van der Waals surface area contributed by atoms with E-state index < -0.39 is 0 Å². The Morgan fingerprint density at radius 1 is 1.06 bits per heavy atom. The molecule has 1 aliphatic heterocycles. The number of hydrogen-bond acceptors (Lipinski definition) is 1. The Morgan fingerprint density at radius 3 is 2.67 bits per heavy atom. The predicted molar refractivity (Wildman–Crippen MR) is 80.2 cm³/mol. The summed E-state index contributed by atoms with van der Waals surface area (Å²) in [6, 6.07) is 6.15. The van der Waals surface area contributed by atoms with Crippen LogP contribution in [0.3, 0.4) is 0 Å². The molecule has 18 heavy (non-hydrogen) atoms. The second kappa shape index (κ2) is 6.00. The highest BCUT2D eigenvalue weighted by molar-refractivity contribution is 6.42. The average molecular weight is 307 g/mol. The second-order valence-corrected chi connectivity index (χ2v) is 6.11. The first-order valence-corrected chi connectivity index (χ1v) is 7.17. The van der Waals surface area contributed by atoms with Crippen LogP contribution in [-0.4, -0.2) is 13.1 Å². The van der Waals surface area contributed by atoms with Gasteiger partial charge in [0.05, 0.1) is 10.0 Å². The van der Waals surface area contributed by atoms with Gasteiger partial charge in [0.2, 0.25) is 0 Å². The summed E-state index contributed by atoms with van der Waals surface area (Å²) in [5.41, 5.74) is 1.37. The maximum atomic E-state index is 6.13. The van der Waals surface area contributed by atoms with Crippen molar-refractivity contribution in [2.24, 2.45) is 11.8 Å². The molecule has 0 bridgehead atoms. The van der Waals surface area contributed by atoms with Crippen LogP contribution >= 0.6 is 35.6 Å². The maximum absolute atomic E-state index is 6.13. The quantitative estimate of drug-likeness (QED) is 0.804. The first kappa shape index (κ1) is 14.5. The van der Waals surface area contributed by atoms with Gasteiger partial charge >= 0.3 is 0 Å². The van der Waals surface area contributed by atoms with E-state index in [1.807, 2.05) is 6.07 Å². The molecule has 1 aromatic carbocycles. The van der Waals surface area contributed by atoms with Crippen LogP contribution in [0.5, 0.6) is 0 Å². The molecule has 1 nitrogen and oxygen atoms in total. The molecule has 2 aliphatic rings. The summed E-state index contributed by atoms with van der Waals surface area (Å²) in [7, 11) is 0. The fraction of sp³-hybridized carbons (Fsp3) is 0.571. The third kappa shape index (κ3) is 2.65. The summed E-state index contributed by atoms with van der Waals surface area (Å²) in [5.74, 6) is 2.32. The van der Waals surface area contributed by atoms with E-state index in [9.17, 15) is 0 Å². The van der Waals surface area contributed by atoms with Gasteiger partial charge in [-0.25, -0.2) is 0 Å². The second-order valence-electron chi connectivity index (χ2n) is 5.29. The lowest BCUT2D eigenvalue weighted by Crippen LogP contribution is -2.25. The smallest absolute Gasteiger partial charge is 0.0595 e. The average Bonchev–Trinajstić information content (AvgIpc) is 2.80. The number of nitrogens with one attached hydrogen (secondary N) is 1. The first-order valence-electron chi connectivity index (χ1n) is 6.41. The van der Waals surface area contributed by atoms with E-state index in [0.29, 0.717) is 16.0 Å². The summed E-state index contributed by atoms with van der Waals surface area (Å²) < 4.78 is 0. The van der Waals surface area contributed by atoms with E-state index in [2.05, 4.69) is 17.4 Å². The minimum Gasteiger partial charge on any atom is -0.316 e. The highest BCUT2D eigenvalue weighted by Gasteiger charge is 2.37. The van der Waals surface area contributed by atoms with E-state index in [-0.39, 0.29) is 12.4 Å². The summed E-state index contributed by atoms with van der Waals surface area (Å²) in [4.78, 5) is 0. The molecule has 0 aromatic heterocycles. The van der Waals surface area contributed by atoms with Crippen LogP contribution < -0.4 is 5.32 Å². The molecule has 4 heteroatoms. The van der Waals surface area contributed by atoms with Crippen LogP contribution in [0.1, 0.15) is 30.7 Å². The van der Waals surface area contributed by atoms with Gasteiger partial charge in [-0.1, -0.05) is 35.7 Å². The minimum absolute atomic E-state index is 0. The molecule has 1 saturated heterocycles. The lowest BCUT2D eigenvalue weighted by atomic mass is 9.71. The first-order chi connectivity index (χ1) is 8.25. The topological polar surface area (TPSA) is 12.0 Å². The van der Waals surface area contributed by atoms with Gasteiger partial charge in [-0.2, -0.15) is 0 Å². The summed E-state index contributed by atoms with van der Waals surface area (Å²) in [5, 5.41) is 4.88. The molecule has 1 aromatic rings. The molecular weight excluding hydrogens is 289 g/mol. The number of hydrogen-bond donors (Lipinski definition) is 1. The molecule has 1 N–H and O–H groups in total. The Labute approximate surface area is 125 Å². The van der Waals surface area contributed by atoms with Crippen molar-refractivity contribution in [1.82, 2.24) is 5.32 Å². The molecule has 1 aliphatic carbocycles. The molecule has 100 valence electrons. The molecule has 0 amide bonds. The van der Waals surface area contributed by atoms with Crippen LogP contribution in [0, 0.1) is 11.8 Å². The van der Waals surface area contributed by atoms with Gasteiger partial charge in [0.15, 0.2) is 0 Å². The van der Waals surface area contributed by atoms with Crippen molar-refractivity contribution in [2.45, 2.75) is 25.2 Å². The van der Waals surface area contributed by atoms with Gasteiger partial charge < -0.3 is 5.32 Å². The lowest BCUT2D eigenvalue weighted by Gasteiger charge is -2.33. The van der Waals surface area contributed by atoms with Gasteiger partial charge in [0.25, 0.3) is 0 Å². The van der Waals surface area contributed by atoms with Crippen molar-refractivity contribution in [3.05, 3.63) is 33.8 Å². The lowest BCUT2D eigenvalue weighted by molar-refractivity contribution is 0.258. The number of benzene rings is 1. The normalized spacial score (nSPS) is 30.7. The van der Waals surface area contributed by atoms with E-state index >= 15 is 0 Å². The molecule has 0 spiro atoms. The maximum Gasteiger partial charge on any atom is 0.0595 e. The largest absolute Gasteiger partial charge is 0.316 e. The zero-order valence-corrected chi connectivity index (χ0v) is 12.5. The van der Waals surface area contributed by atoms with E-state index in [1.165, 1.54) is 31.4 Å². The van der Waals surface area contributed by atoms with Crippen LogP contribution in [-0.2, 0) is 0 Å². The molecule has 2 fully saturated rings. The summed E-state index contributed by atoms with van der Waals surface area (Å²) in [6.07, 6.45) is 4.02. The molecular formula is C14H18Cl3N. The minimum atomic E-state index is 0. The van der Waals surface area contributed by atoms with Crippen LogP contribution in [0.15, 0.2) is 18.2 Å². The van der Waals surface area contributed by atoms with Gasteiger partial charge in [-0.05, 0) is 61.4 Å². The van der Waals surface area contributed by atoms with Crippen LogP contribution in [0.2, 0.25) is 10.0 Å². The zero-order chi connectivity index (χ0) is 11.8. The van der Waals surface area contributed by atoms with Gasteiger partial charge in [0.1, 0.15) is 0 Å². The van der Waals surface area contributed by atoms with Crippen molar-refractivity contribution < 1.29 is 0 Å². The van der Waals surface area contributed by atoms with Crippen molar-refractivity contribution in [1.29, 1.82) is 0 Å². The SMILES string of the molecule is Cl.Clc1ccc(C2CCCC3CNCC32)cc1Cl. The van der Waals surface area contributed by atoms with Crippen molar-refractivity contribution in [3.63, 3.8) is 0 Å². The number of rotatable bonds is 1. The van der Waals surface area contributed by atoms with E-state index in [4.69, 9.17) is 23.2 Å². The Bertz CT molecular complexity index is 422. The molecule has 3 unspecified atom stereocenters. The summed E-state index contributed by atoms with van der Waals surface area (Å²) >= 11 is 12.1. The van der Waals surface area contributed by atoms with Crippen LogP contribution in [0.25, 0.3) is 0 Å². The fourth-order valence-corrected chi connectivity index (χ4v) is 3.82. The van der Waals surface area contributed by atoms with Gasteiger partial charge in [0, 0.05) is 0 Å². The highest BCUT2D eigenvalue weighted by Crippen LogP contribution is 2.43. The summed E-state index contributed by atoms with van der Waals surface area (Å²) in [6.45, 7) is 2.36. The van der Waals surface area contributed by atoms with E-state index in [0.717, 1.165) is 18.4 Å². The highest BCUT2D eigenvalue weighted by atomic mass is 35.5. The molecule has 3 atom stereocenters. The third-order valence-electron chi connectivity index (χ3n) is 4.37. The molecule has 1 heterocycles. The Morgan fingerprint density at radius 2 is 1.89 bits per heavy atom. The van der Waals surface area contributed by atoms with Crippen molar-refractivity contribution in [2.75, 3.05) is 13.1 Å². The number of halogens is 3. The van der Waals surface area contributed by atoms with Gasteiger partial charge in [-0.15, -0.1) is 12.4 Å². The number of fused-ring (bicyclic) bond motifs is 1. The zero-order valence-electron chi connectivity index (χ0n) is 10.2.